The third kappa shape index (κ3) is 7.05. The number of carbonyl (C=O) groups is 4. The van der Waals surface area contributed by atoms with Gasteiger partial charge in [0.25, 0.3) is 11.8 Å². The molecule has 3 N–H and O–H groups in total. The second-order valence-electron chi connectivity index (χ2n) is 4.41. The molecule has 0 aromatic heterocycles. The molecule has 1 fully saturated rings. The van der Waals surface area contributed by atoms with E-state index in [4.69, 9.17) is 15.1 Å². The van der Waals surface area contributed by atoms with Crippen LogP contribution in [0.25, 0.3) is 0 Å². The van der Waals surface area contributed by atoms with Crippen LogP contribution >= 0.6 is 0 Å². The molecule has 0 unspecified atom stereocenters. The smallest absolute Gasteiger partial charge is 0.407 e. The minimum absolute atomic E-state index is 0.131. The van der Waals surface area contributed by atoms with Crippen molar-refractivity contribution < 1.29 is 34.2 Å². The Bertz CT molecular complexity index is 558. The van der Waals surface area contributed by atoms with Gasteiger partial charge in [0.15, 0.2) is 0 Å². The topological polar surface area (TPSA) is 133 Å². The number of hydroxylamine groups is 2. The maximum absolute atomic E-state index is 10.9. The van der Waals surface area contributed by atoms with E-state index >= 15 is 0 Å². The minimum Gasteiger partial charge on any atom is -0.480 e. The highest BCUT2D eigenvalue weighted by Crippen LogP contribution is 2.07. The summed E-state index contributed by atoms with van der Waals surface area (Å²) in [5, 5.41) is 18.9. The van der Waals surface area contributed by atoms with E-state index in [1.54, 1.807) is 0 Å². The van der Waals surface area contributed by atoms with Crippen LogP contribution in [0.4, 0.5) is 4.79 Å². The number of carboxylic acid groups (broad SMARTS) is 1. The van der Waals surface area contributed by atoms with Crippen LogP contribution in [-0.4, -0.2) is 45.8 Å². The average Bonchev–Trinajstić information content (AvgIpc) is 2.83. The molecule has 0 atom stereocenters. The molecule has 124 valence electrons. The van der Waals surface area contributed by atoms with E-state index in [9.17, 15) is 19.2 Å². The summed E-state index contributed by atoms with van der Waals surface area (Å²) in [7, 11) is 0. The van der Waals surface area contributed by atoms with E-state index in [0.717, 1.165) is 5.56 Å². The Labute approximate surface area is 131 Å². The van der Waals surface area contributed by atoms with Crippen LogP contribution < -0.4 is 5.32 Å². The van der Waals surface area contributed by atoms with Crippen LogP contribution in [0.3, 0.4) is 0 Å². The lowest BCUT2D eigenvalue weighted by molar-refractivity contribution is -0.171. The Morgan fingerprint density at radius 1 is 1.13 bits per heavy atom. The number of rotatable bonds is 4. The molecule has 1 aromatic carbocycles. The SMILES string of the molecule is O=C(O)CNC(=O)OCc1ccccc1.O=C1CCC(=O)N1O. The van der Waals surface area contributed by atoms with E-state index in [-0.39, 0.29) is 24.5 Å². The van der Waals surface area contributed by atoms with Gasteiger partial charge >= 0.3 is 12.1 Å². The fraction of sp³-hybridized carbons (Fsp3) is 0.286. The van der Waals surface area contributed by atoms with Crippen molar-refractivity contribution in [1.29, 1.82) is 0 Å². The van der Waals surface area contributed by atoms with E-state index in [1.165, 1.54) is 0 Å². The number of aliphatic carboxylic acids is 1. The van der Waals surface area contributed by atoms with E-state index in [1.807, 2.05) is 30.3 Å². The lowest BCUT2D eigenvalue weighted by Gasteiger charge is -2.04. The van der Waals surface area contributed by atoms with Crippen molar-refractivity contribution in [2.45, 2.75) is 19.4 Å². The van der Waals surface area contributed by atoms with Crippen LogP contribution in [0.2, 0.25) is 0 Å². The molecule has 1 aliphatic heterocycles. The molecule has 0 saturated carbocycles. The number of benzene rings is 1. The van der Waals surface area contributed by atoms with Gasteiger partial charge < -0.3 is 15.2 Å². The first-order chi connectivity index (χ1) is 10.9. The molecule has 23 heavy (non-hydrogen) atoms. The zero-order valence-electron chi connectivity index (χ0n) is 12.1. The second kappa shape index (κ2) is 9.15. The minimum atomic E-state index is -1.10. The third-order valence-corrected chi connectivity index (χ3v) is 2.62. The van der Waals surface area contributed by atoms with Crippen molar-refractivity contribution in [3.05, 3.63) is 35.9 Å². The van der Waals surface area contributed by atoms with Crippen LogP contribution in [0.1, 0.15) is 18.4 Å². The normalized spacial score (nSPS) is 13.2. The summed E-state index contributed by atoms with van der Waals surface area (Å²) < 4.78 is 4.77. The van der Waals surface area contributed by atoms with Crippen molar-refractivity contribution >= 4 is 23.9 Å². The number of amides is 3. The van der Waals surface area contributed by atoms with Gasteiger partial charge in [-0.15, -0.1) is 0 Å². The van der Waals surface area contributed by atoms with Gasteiger partial charge in [0, 0.05) is 12.8 Å². The van der Waals surface area contributed by atoms with Crippen LogP contribution in [0, 0.1) is 0 Å². The lowest BCUT2D eigenvalue weighted by Crippen LogP contribution is -2.29. The van der Waals surface area contributed by atoms with Crippen LogP contribution in [0.5, 0.6) is 0 Å². The fourth-order valence-electron chi connectivity index (χ4n) is 1.49. The van der Waals surface area contributed by atoms with E-state index < -0.39 is 30.4 Å². The third-order valence-electron chi connectivity index (χ3n) is 2.62. The number of nitrogens with zero attached hydrogens (tertiary/aromatic N) is 1. The molecule has 1 aromatic rings. The summed E-state index contributed by atoms with van der Waals surface area (Å²) in [5.74, 6) is -2.11. The molecule has 9 nitrogen and oxygen atoms in total. The summed E-state index contributed by atoms with van der Waals surface area (Å²) in [6, 6.07) is 9.13. The first kappa shape index (κ1) is 18.1. The molecule has 2 rings (SSSR count). The Morgan fingerprint density at radius 3 is 2.13 bits per heavy atom. The molecule has 1 heterocycles. The summed E-state index contributed by atoms with van der Waals surface area (Å²) in [6.45, 7) is -0.306. The zero-order chi connectivity index (χ0) is 17.2. The van der Waals surface area contributed by atoms with E-state index in [0.29, 0.717) is 0 Å². The molecule has 0 spiro atoms. The maximum Gasteiger partial charge on any atom is 0.407 e. The molecular weight excluding hydrogens is 308 g/mol. The average molecular weight is 324 g/mol. The second-order valence-corrected chi connectivity index (χ2v) is 4.41. The highest BCUT2D eigenvalue weighted by molar-refractivity contribution is 6.00. The Morgan fingerprint density at radius 2 is 1.70 bits per heavy atom. The predicted molar refractivity (Wildman–Crippen MR) is 75.1 cm³/mol. The Kier molecular flexibility index (Phi) is 7.21. The van der Waals surface area contributed by atoms with Crippen LogP contribution in [-0.2, 0) is 25.7 Å². The molecule has 0 bridgehead atoms. The summed E-state index contributed by atoms with van der Waals surface area (Å²) in [4.78, 5) is 41.5. The zero-order valence-corrected chi connectivity index (χ0v) is 12.1. The van der Waals surface area contributed by atoms with Gasteiger partial charge in [-0.25, -0.2) is 4.79 Å². The largest absolute Gasteiger partial charge is 0.480 e. The van der Waals surface area contributed by atoms with Gasteiger partial charge in [-0.05, 0) is 5.56 Å². The number of ether oxygens (including phenoxy) is 1. The Hall–Kier alpha value is -2.94. The predicted octanol–water partition coefficient (Wildman–Crippen LogP) is 0.522. The van der Waals surface area contributed by atoms with Gasteiger partial charge in [0.05, 0.1) is 0 Å². The van der Waals surface area contributed by atoms with Gasteiger partial charge in [-0.1, -0.05) is 30.3 Å². The van der Waals surface area contributed by atoms with Crippen LogP contribution in [0.15, 0.2) is 30.3 Å². The standard InChI is InChI=1S/C10H11NO4.C4H5NO3/c12-9(13)6-11-10(14)15-7-8-4-2-1-3-5-8;6-3-1-2-4(7)5(3)8/h1-5H,6-7H2,(H,11,14)(H,12,13);8H,1-2H2. The lowest BCUT2D eigenvalue weighted by atomic mass is 10.2. The summed E-state index contributed by atoms with van der Waals surface area (Å²) in [5.41, 5.74) is 0.850. The van der Waals surface area contributed by atoms with Crippen molar-refractivity contribution in [1.82, 2.24) is 10.4 Å². The monoisotopic (exact) mass is 324 g/mol. The maximum atomic E-state index is 10.9. The first-order valence-corrected chi connectivity index (χ1v) is 6.61. The van der Waals surface area contributed by atoms with E-state index in [2.05, 4.69) is 5.32 Å². The Balaban J connectivity index is 0.000000277. The van der Waals surface area contributed by atoms with Gasteiger partial charge in [0.2, 0.25) is 0 Å². The van der Waals surface area contributed by atoms with Gasteiger partial charge in [-0.2, -0.15) is 5.06 Å². The molecule has 9 heteroatoms. The van der Waals surface area contributed by atoms with Crippen molar-refractivity contribution in [2.24, 2.45) is 0 Å². The number of carbonyl (C=O) groups excluding carboxylic acids is 3. The number of hydrogen-bond donors (Lipinski definition) is 3. The number of hydrogen-bond acceptors (Lipinski definition) is 6. The highest BCUT2D eigenvalue weighted by Gasteiger charge is 2.26. The summed E-state index contributed by atoms with van der Waals surface area (Å²) >= 11 is 0. The molecular formula is C14H16N2O7. The number of imide groups is 1. The fourth-order valence-corrected chi connectivity index (χ4v) is 1.49. The van der Waals surface area contributed by atoms with Gasteiger partial charge in [0.1, 0.15) is 13.2 Å². The van der Waals surface area contributed by atoms with Crippen molar-refractivity contribution in [3.8, 4) is 0 Å². The molecule has 1 saturated heterocycles. The van der Waals surface area contributed by atoms with Gasteiger partial charge in [-0.3, -0.25) is 19.6 Å². The number of nitrogens with one attached hydrogen (secondary N) is 1. The summed E-state index contributed by atoms with van der Waals surface area (Å²) in [6.07, 6.45) is -0.439. The quantitative estimate of drug-likeness (QED) is 0.543. The molecule has 1 aliphatic rings. The highest BCUT2D eigenvalue weighted by atomic mass is 16.5. The molecule has 0 aliphatic carbocycles. The number of alkyl carbamates (subject to hydrolysis) is 1. The van der Waals surface area contributed by atoms with Crippen molar-refractivity contribution in [2.75, 3.05) is 6.54 Å². The first-order valence-electron chi connectivity index (χ1n) is 6.61. The van der Waals surface area contributed by atoms with Crippen molar-refractivity contribution in [3.63, 3.8) is 0 Å². The number of carboxylic acids is 1. The molecule has 0 radical (unpaired) electrons. The molecule has 3 amide bonds.